The zero-order valence-corrected chi connectivity index (χ0v) is 12.4. The molecule has 1 atom stereocenters. The summed E-state index contributed by atoms with van der Waals surface area (Å²) in [6.07, 6.45) is 2.44. The Labute approximate surface area is 125 Å². The van der Waals surface area contributed by atoms with Gasteiger partial charge in [-0.3, -0.25) is 4.90 Å². The molecule has 1 saturated heterocycles. The first-order valence-corrected chi connectivity index (χ1v) is 7.45. The van der Waals surface area contributed by atoms with Crippen LogP contribution in [0.3, 0.4) is 0 Å². The number of hydrogen-bond acceptors (Lipinski definition) is 3. The molecule has 21 heavy (non-hydrogen) atoms. The number of aliphatic hydroxyl groups excluding tert-OH is 1. The Kier molecular flexibility index (Phi) is 6.19. The number of piperidine rings is 1. The van der Waals surface area contributed by atoms with Crippen LogP contribution in [-0.2, 0) is 11.3 Å². The Hall–Kier alpha value is -1.41. The smallest absolute Gasteiger partial charge is 0.128 e. The van der Waals surface area contributed by atoms with Gasteiger partial charge >= 0.3 is 0 Å². The molecule has 3 nitrogen and oxygen atoms in total. The summed E-state index contributed by atoms with van der Waals surface area (Å²) in [5.74, 6) is 5.00. The maximum Gasteiger partial charge on any atom is 0.128 e. The topological polar surface area (TPSA) is 32.7 Å². The van der Waals surface area contributed by atoms with Gasteiger partial charge in [-0.2, -0.15) is 0 Å². The lowest BCUT2D eigenvalue weighted by molar-refractivity contribution is 0.00337. The van der Waals surface area contributed by atoms with Crippen LogP contribution in [0.25, 0.3) is 0 Å². The second-order valence-corrected chi connectivity index (χ2v) is 5.22. The first-order chi connectivity index (χ1) is 10.2. The van der Waals surface area contributed by atoms with Gasteiger partial charge in [0.2, 0.25) is 0 Å². The minimum Gasteiger partial charge on any atom is -0.384 e. The van der Waals surface area contributed by atoms with E-state index in [0.29, 0.717) is 17.7 Å². The third-order valence-electron chi connectivity index (χ3n) is 3.62. The summed E-state index contributed by atoms with van der Waals surface area (Å²) in [4.78, 5) is 2.24. The molecule has 1 aliphatic rings. The molecule has 0 radical (unpaired) electrons. The number of aliphatic hydroxyl groups is 1. The molecule has 4 heteroatoms. The minimum absolute atomic E-state index is 0.212. The summed E-state index contributed by atoms with van der Waals surface area (Å²) in [5.41, 5.74) is 1.28. The molecule has 0 saturated carbocycles. The number of nitrogens with zero attached hydrogens (tertiary/aromatic N) is 1. The van der Waals surface area contributed by atoms with Crippen molar-refractivity contribution < 1.29 is 14.2 Å². The molecule has 0 spiro atoms. The predicted molar refractivity (Wildman–Crippen MR) is 80.3 cm³/mol. The molecule has 0 bridgehead atoms. The molecular formula is C17H22FNO2. The van der Waals surface area contributed by atoms with Crippen molar-refractivity contribution in [1.82, 2.24) is 4.90 Å². The molecular weight excluding hydrogens is 269 g/mol. The van der Waals surface area contributed by atoms with Gasteiger partial charge in [-0.25, -0.2) is 4.39 Å². The van der Waals surface area contributed by atoms with Gasteiger partial charge in [0.15, 0.2) is 0 Å². The van der Waals surface area contributed by atoms with Crippen molar-refractivity contribution in [2.45, 2.75) is 32.4 Å². The molecule has 1 fully saturated rings. The highest BCUT2D eigenvalue weighted by molar-refractivity contribution is 5.37. The van der Waals surface area contributed by atoms with Gasteiger partial charge in [0.1, 0.15) is 12.4 Å². The van der Waals surface area contributed by atoms with E-state index in [0.717, 1.165) is 32.5 Å². The molecule has 1 heterocycles. The first kappa shape index (κ1) is 16.0. The predicted octanol–water partition coefficient (Wildman–Crippen LogP) is 2.17. The summed E-state index contributed by atoms with van der Waals surface area (Å²) >= 11 is 0. The van der Waals surface area contributed by atoms with E-state index in [-0.39, 0.29) is 18.5 Å². The molecule has 114 valence electrons. The van der Waals surface area contributed by atoms with Crippen molar-refractivity contribution in [3.8, 4) is 11.8 Å². The van der Waals surface area contributed by atoms with Crippen LogP contribution in [0.5, 0.6) is 0 Å². The number of ether oxygens (including phenoxy) is 1. The maximum absolute atomic E-state index is 14.1. The Morgan fingerprint density at radius 2 is 2.33 bits per heavy atom. The number of hydrogen-bond donors (Lipinski definition) is 1. The molecule has 1 aromatic rings. The van der Waals surface area contributed by atoms with Crippen LogP contribution in [0.2, 0.25) is 0 Å². The largest absolute Gasteiger partial charge is 0.384 e. The normalized spacial score (nSPS) is 19.1. The number of benzene rings is 1. The third kappa shape index (κ3) is 4.82. The molecule has 0 amide bonds. The summed E-state index contributed by atoms with van der Waals surface area (Å²) in [7, 11) is 0. The van der Waals surface area contributed by atoms with Gasteiger partial charge in [0.05, 0.1) is 6.10 Å². The molecule has 1 N–H and O–H groups in total. The van der Waals surface area contributed by atoms with Crippen LogP contribution in [0.1, 0.15) is 30.9 Å². The molecule has 1 aliphatic heterocycles. The zero-order chi connectivity index (χ0) is 15.1. The highest BCUT2D eigenvalue weighted by atomic mass is 19.1. The summed E-state index contributed by atoms with van der Waals surface area (Å²) in [6.45, 7) is 4.96. The molecule has 1 unspecified atom stereocenters. The van der Waals surface area contributed by atoms with Crippen molar-refractivity contribution in [3.05, 3.63) is 35.1 Å². The fourth-order valence-corrected chi connectivity index (χ4v) is 2.66. The standard InChI is InChI=1S/C17H22FNO2/c1-2-21-16-6-3-9-19(13-16)12-15-8-7-14(5-4-10-20)11-17(15)18/h7-8,11,16,20H,2-3,6,9-10,12-13H2,1H3. The second-order valence-electron chi connectivity index (χ2n) is 5.22. The van der Waals surface area contributed by atoms with E-state index in [1.165, 1.54) is 6.07 Å². The lowest BCUT2D eigenvalue weighted by Gasteiger charge is -2.32. The molecule has 0 aromatic heterocycles. The van der Waals surface area contributed by atoms with Gasteiger partial charge in [-0.15, -0.1) is 0 Å². The summed E-state index contributed by atoms with van der Waals surface area (Å²) in [6, 6.07) is 5.01. The van der Waals surface area contributed by atoms with Gasteiger partial charge in [-0.1, -0.05) is 17.9 Å². The Morgan fingerprint density at radius 1 is 1.48 bits per heavy atom. The lowest BCUT2D eigenvalue weighted by atomic mass is 10.1. The van der Waals surface area contributed by atoms with E-state index in [9.17, 15) is 4.39 Å². The fourth-order valence-electron chi connectivity index (χ4n) is 2.66. The van der Waals surface area contributed by atoms with Gasteiger partial charge in [0.25, 0.3) is 0 Å². The average molecular weight is 291 g/mol. The molecule has 2 rings (SSSR count). The summed E-state index contributed by atoms with van der Waals surface area (Å²) < 4.78 is 19.8. The van der Waals surface area contributed by atoms with Crippen LogP contribution in [0, 0.1) is 17.7 Å². The zero-order valence-electron chi connectivity index (χ0n) is 12.4. The lowest BCUT2D eigenvalue weighted by Crippen LogP contribution is -2.39. The van der Waals surface area contributed by atoms with Crippen molar-refractivity contribution in [2.24, 2.45) is 0 Å². The second kappa shape index (κ2) is 8.14. The number of likely N-dealkylation sites (tertiary alicyclic amines) is 1. The van der Waals surface area contributed by atoms with Crippen LogP contribution < -0.4 is 0 Å². The Bertz CT molecular complexity index is 519. The van der Waals surface area contributed by atoms with Crippen molar-refractivity contribution in [2.75, 3.05) is 26.3 Å². The van der Waals surface area contributed by atoms with E-state index in [4.69, 9.17) is 9.84 Å². The van der Waals surface area contributed by atoms with E-state index in [1.54, 1.807) is 12.1 Å². The van der Waals surface area contributed by atoms with Crippen molar-refractivity contribution in [3.63, 3.8) is 0 Å². The van der Waals surface area contributed by atoms with Gasteiger partial charge < -0.3 is 9.84 Å². The van der Waals surface area contributed by atoms with Crippen LogP contribution >= 0.6 is 0 Å². The van der Waals surface area contributed by atoms with Gasteiger partial charge in [0, 0.05) is 30.8 Å². The van der Waals surface area contributed by atoms with Crippen molar-refractivity contribution >= 4 is 0 Å². The summed E-state index contributed by atoms with van der Waals surface area (Å²) in [5, 5.41) is 8.65. The van der Waals surface area contributed by atoms with E-state index < -0.39 is 0 Å². The first-order valence-electron chi connectivity index (χ1n) is 7.45. The monoisotopic (exact) mass is 291 g/mol. The Balaban J connectivity index is 1.99. The van der Waals surface area contributed by atoms with Crippen LogP contribution in [-0.4, -0.2) is 42.4 Å². The van der Waals surface area contributed by atoms with Crippen LogP contribution in [0.4, 0.5) is 4.39 Å². The van der Waals surface area contributed by atoms with Crippen molar-refractivity contribution in [1.29, 1.82) is 0 Å². The molecule has 0 aliphatic carbocycles. The van der Waals surface area contributed by atoms with E-state index >= 15 is 0 Å². The quantitative estimate of drug-likeness (QED) is 0.863. The minimum atomic E-state index is -0.238. The maximum atomic E-state index is 14.1. The Morgan fingerprint density at radius 3 is 3.05 bits per heavy atom. The fraction of sp³-hybridized carbons (Fsp3) is 0.529. The van der Waals surface area contributed by atoms with E-state index in [2.05, 4.69) is 16.7 Å². The molecule has 1 aromatic carbocycles. The highest BCUT2D eigenvalue weighted by Gasteiger charge is 2.20. The number of halogens is 1. The SMILES string of the molecule is CCOC1CCCN(Cc2ccc(C#CCO)cc2F)C1. The third-order valence-corrected chi connectivity index (χ3v) is 3.62. The van der Waals surface area contributed by atoms with Crippen LogP contribution in [0.15, 0.2) is 18.2 Å². The highest BCUT2D eigenvalue weighted by Crippen LogP contribution is 2.18. The number of rotatable bonds is 4. The van der Waals surface area contributed by atoms with Gasteiger partial charge in [-0.05, 0) is 38.4 Å². The average Bonchev–Trinajstić information content (AvgIpc) is 2.48. The van der Waals surface area contributed by atoms with E-state index in [1.807, 2.05) is 6.92 Å².